The summed E-state index contributed by atoms with van der Waals surface area (Å²) in [7, 11) is 0. The Hall–Kier alpha value is -1.10. The molecule has 15 heavy (non-hydrogen) atoms. The van der Waals surface area contributed by atoms with Gasteiger partial charge in [-0.2, -0.15) is 0 Å². The first kappa shape index (κ1) is 10.4. The SMILES string of the molecule is CC(=O)N1CC(CN2CC(C(=O)O)C2)C1. The number of carboxylic acids is 1. The molecule has 0 spiro atoms. The molecule has 0 atom stereocenters. The Morgan fingerprint density at radius 1 is 1.27 bits per heavy atom. The minimum Gasteiger partial charge on any atom is -0.481 e. The zero-order chi connectivity index (χ0) is 11.0. The highest BCUT2D eigenvalue weighted by molar-refractivity contribution is 5.74. The molecule has 2 saturated heterocycles. The van der Waals surface area contributed by atoms with Gasteiger partial charge in [0.05, 0.1) is 5.92 Å². The van der Waals surface area contributed by atoms with Crippen LogP contribution in [-0.4, -0.2) is 59.5 Å². The van der Waals surface area contributed by atoms with Gasteiger partial charge in [0.1, 0.15) is 0 Å². The zero-order valence-corrected chi connectivity index (χ0v) is 8.85. The number of carboxylic acid groups (broad SMARTS) is 1. The molecule has 2 aliphatic heterocycles. The highest BCUT2D eigenvalue weighted by Gasteiger charge is 2.36. The van der Waals surface area contributed by atoms with Crippen molar-refractivity contribution < 1.29 is 14.7 Å². The molecular weight excluding hydrogens is 196 g/mol. The van der Waals surface area contributed by atoms with Gasteiger partial charge in [-0.05, 0) is 0 Å². The molecule has 2 fully saturated rings. The normalized spacial score (nSPS) is 23.4. The largest absolute Gasteiger partial charge is 0.481 e. The average molecular weight is 212 g/mol. The lowest BCUT2D eigenvalue weighted by molar-refractivity contribution is -0.148. The van der Waals surface area contributed by atoms with Crippen molar-refractivity contribution in [3.05, 3.63) is 0 Å². The van der Waals surface area contributed by atoms with Gasteiger partial charge < -0.3 is 14.9 Å². The second-order valence-corrected chi connectivity index (χ2v) is 4.54. The molecule has 0 unspecified atom stereocenters. The van der Waals surface area contributed by atoms with Crippen LogP contribution < -0.4 is 0 Å². The van der Waals surface area contributed by atoms with E-state index in [4.69, 9.17) is 5.11 Å². The van der Waals surface area contributed by atoms with Crippen molar-refractivity contribution in [3.63, 3.8) is 0 Å². The molecular formula is C10H16N2O3. The van der Waals surface area contributed by atoms with Gasteiger partial charge in [-0.3, -0.25) is 9.59 Å². The molecule has 0 radical (unpaired) electrons. The highest BCUT2D eigenvalue weighted by atomic mass is 16.4. The summed E-state index contributed by atoms with van der Waals surface area (Å²) in [5.74, 6) is -0.180. The number of nitrogens with zero attached hydrogens (tertiary/aromatic N) is 2. The fourth-order valence-electron chi connectivity index (χ4n) is 2.18. The van der Waals surface area contributed by atoms with E-state index >= 15 is 0 Å². The molecule has 5 heteroatoms. The lowest BCUT2D eigenvalue weighted by Crippen LogP contribution is -2.58. The molecule has 0 aliphatic carbocycles. The van der Waals surface area contributed by atoms with Crippen LogP contribution in [0.15, 0.2) is 0 Å². The van der Waals surface area contributed by atoms with E-state index < -0.39 is 5.97 Å². The van der Waals surface area contributed by atoms with Gasteiger partial charge in [0.15, 0.2) is 0 Å². The maximum atomic E-state index is 10.9. The highest BCUT2D eigenvalue weighted by Crippen LogP contribution is 2.22. The second-order valence-electron chi connectivity index (χ2n) is 4.54. The van der Waals surface area contributed by atoms with Crippen LogP contribution in [0.4, 0.5) is 0 Å². The molecule has 5 nitrogen and oxygen atoms in total. The maximum absolute atomic E-state index is 10.9. The summed E-state index contributed by atoms with van der Waals surface area (Å²) in [6.45, 7) is 5.54. The first-order valence-corrected chi connectivity index (χ1v) is 5.27. The number of likely N-dealkylation sites (tertiary alicyclic amines) is 2. The maximum Gasteiger partial charge on any atom is 0.309 e. The third-order valence-corrected chi connectivity index (χ3v) is 3.23. The van der Waals surface area contributed by atoms with Gasteiger partial charge in [0.25, 0.3) is 0 Å². The van der Waals surface area contributed by atoms with Crippen LogP contribution in [0, 0.1) is 11.8 Å². The predicted octanol–water partition coefficient (Wildman–Crippen LogP) is -0.519. The molecule has 1 N–H and O–H groups in total. The van der Waals surface area contributed by atoms with Crippen molar-refractivity contribution in [2.75, 3.05) is 32.7 Å². The standard InChI is InChI=1S/C10H16N2O3/c1-7(13)12-3-8(4-12)2-11-5-9(6-11)10(14)15/h8-9H,2-6H2,1H3,(H,14,15). The van der Waals surface area contributed by atoms with E-state index in [1.807, 2.05) is 4.90 Å². The summed E-state index contributed by atoms with van der Waals surface area (Å²) in [5.41, 5.74) is 0. The molecule has 0 saturated carbocycles. The minimum absolute atomic E-state index is 0.137. The third-order valence-electron chi connectivity index (χ3n) is 3.23. The van der Waals surface area contributed by atoms with Gasteiger partial charge in [-0.15, -0.1) is 0 Å². The van der Waals surface area contributed by atoms with Gasteiger partial charge in [-0.1, -0.05) is 0 Å². The van der Waals surface area contributed by atoms with Crippen LogP contribution in [0.5, 0.6) is 0 Å². The molecule has 1 amide bonds. The van der Waals surface area contributed by atoms with E-state index in [9.17, 15) is 9.59 Å². The molecule has 0 aromatic carbocycles. The zero-order valence-electron chi connectivity index (χ0n) is 8.85. The van der Waals surface area contributed by atoms with Crippen LogP contribution in [-0.2, 0) is 9.59 Å². The topological polar surface area (TPSA) is 60.9 Å². The lowest BCUT2D eigenvalue weighted by atomic mass is 9.94. The van der Waals surface area contributed by atoms with Crippen molar-refractivity contribution in [1.29, 1.82) is 0 Å². The predicted molar refractivity (Wildman–Crippen MR) is 53.3 cm³/mol. The number of carbonyl (C=O) groups excluding carboxylic acids is 1. The van der Waals surface area contributed by atoms with E-state index in [0.717, 1.165) is 19.6 Å². The first-order valence-electron chi connectivity index (χ1n) is 5.27. The van der Waals surface area contributed by atoms with Gasteiger partial charge in [0, 0.05) is 45.6 Å². The number of rotatable bonds is 3. The molecule has 2 rings (SSSR count). The van der Waals surface area contributed by atoms with E-state index in [2.05, 4.69) is 4.90 Å². The average Bonchev–Trinajstić information content (AvgIpc) is 1.95. The Kier molecular flexibility index (Phi) is 2.65. The van der Waals surface area contributed by atoms with Gasteiger partial charge in [-0.25, -0.2) is 0 Å². The molecule has 2 heterocycles. The van der Waals surface area contributed by atoms with Crippen molar-refractivity contribution >= 4 is 11.9 Å². The Labute approximate surface area is 88.6 Å². The van der Waals surface area contributed by atoms with Gasteiger partial charge in [0.2, 0.25) is 5.91 Å². The monoisotopic (exact) mass is 212 g/mol. The van der Waals surface area contributed by atoms with Crippen molar-refractivity contribution in [2.24, 2.45) is 11.8 Å². The Bertz CT molecular complexity index is 252. The number of aliphatic carboxylic acids is 1. The van der Waals surface area contributed by atoms with Crippen LogP contribution in [0.1, 0.15) is 6.92 Å². The van der Waals surface area contributed by atoms with E-state index in [-0.39, 0.29) is 11.8 Å². The smallest absolute Gasteiger partial charge is 0.309 e. The van der Waals surface area contributed by atoms with E-state index in [1.54, 1.807) is 6.92 Å². The van der Waals surface area contributed by atoms with Gasteiger partial charge >= 0.3 is 5.97 Å². The van der Waals surface area contributed by atoms with Crippen LogP contribution in [0.25, 0.3) is 0 Å². The Morgan fingerprint density at radius 2 is 1.87 bits per heavy atom. The Morgan fingerprint density at radius 3 is 2.33 bits per heavy atom. The second kappa shape index (κ2) is 3.81. The Balaban J connectivity index is 1.62. The van der Waals surface area contributed by atoms with Crippen molar-refractivity contribution in [3.8, 4) is 0 Å². The fourth-order valence-corrected chi connectivity index (χ4v) is 2.18. The lowest BCUT2D eigenvalue weighted by Gasteiger charge is -2.45. The molecule has 0 aromatic rings. The van der Waals surface area contributed by atoms with E-state index in [0.29, 0.717) is 19.0 Å². The number of amides is 1. The fraction of sp³-hybridized carbons (Fsp3) is 0.800. The molecule has 0 aromatic heterocycles. The summed E-state index contributed by atoms with van der Waals surface area (Å²) < 4.78 is 0. The van der Waals surface area contributed by atoms with E-state index in [1.165, 1.54) is 0 Å². The van der Waals surface area contributed by atoms with Crippen molar-refractivity contribution in [2.45, 2.75) is 6.92 Å². The quantitative estimate of drug-likeness (QED) is 0.684. The number of hydrogen-bond donors (Lipinski definition) is 1. The summed E-state index contributed by atoms with van der Waals surface area (Å²) in [6, 6.07) is 0. The van der Waals surface area contributed by atoms with Crippen LogP contribution in [0.2, 0.25) is 0 Å². The van der Waals surface area contributed by atoms with Crippen molar-refractivity contribution in [1.82, 2.24) is 9.80 Å². The molecule has 84 valence electrons. The summed E-state index contributed by atoms with van der Waals surface area (Å²) in [5, 5.41) is 8.69. The molecule has 2 aliphatic rings. The summed E-state index contributed by atoms with van der Waals surface area (Å²) in [6.07, 6.45) is 0. The minimum atomic E-state index is -0.690. The number of hydrogen-bond acceptors (Lipinski definition) is 3. The molecule has 0 bridgehead atoms. The third kappa shape index (κ3) is 2.12. The first-order chi connectivity index (χ1) is 7.06. The van der Waals surface area contributed by atoms with Crippen LogP contribution >= 0.6 is 0 Å². The number of carbonyl (C=O) groups is 2. The summed E-state index contributed by atoms with van der Waals surface area (Å²) >= 11 is 0. The summed E-state index contributed by atoms with van der Waals surface area (Å²) in [4.78, 5) is 25.4. The van der Waals surface area contributed by atoms with Crippen LogP contribution in [0.3, 0.4) is 0 Å².